The van der Waals surface area contributed by atoms with Gasteiger partial charge in [-0.05, 0) is 12.8 Å². The minimum absolute atomic E-state index is 0.239. The van der Waals surface area contributed by atoms with Gasteiger partial charge < -0.3 is 9.67 Å². The summed E-state index contributed by atoms with van der Waals surface area (Å²) >= 11 is 1.53. The smallest absolute Gasteiger partial charge is 0.190 e. The minimum Gasteiger partial charge on any atom is -0.389 e. The van der Waals surface area contributed by atoms with Gasteiger partial charge in [-0.3, -0.25) is 0 Å². The Morgan fingerprint density at radius 1 is 1.64 bits per heavy atom. The molecular weight excluding hydrogens is 198 g/mol. The van der Waals surface area contributed by atoms with Gasteiger partial charge in [-0.25, -0.2) is 0 Å². The third kappa shape index (κ3) is 2.72. The normalized spacial score (nSPS) is 15.9. The molecule has 1 heterocycles. The van der Waals surface area contributed by atoms with Gasteiger partial charge >= 0.3 is 0 Å². The van der Waals surface area contributed by atoms with Crippen molar-refractivity contribution in [3.8, 4) is 0 Å². The van der Waals surface area contributed by atoms with E-state index in [1.54, 1.807) is 6.33 Å². The molecule has 0 saturated carbocycles. The number of hydrogen-bond donors (Lipinski definition) is 1. The molecule has 80 valence electrons. The minimum atomic E-state index is -0.656. The van der Waals surface area contributed by atoms with E-state index in [0.717, 1.165) is 5.16 Å². The van der Waals surface area contributed by atoms with Crippen molar-refractivity contribution in [2.45, 2.75) is 31.5 Å². The first-order chi connectivity index (χ1) is 6.43. The fourth-order valence-electron chi connectivity index (χ4n) is 0.781. The molecule has 1 rings (SSSR count). The molecule has 14 heavy (non-hydrogen) atoms. The molecule has 4 nitrogen and oxygen atoms in total. The van der Waals surface area contributed by atoms with Crippen molar-refractivity contribution < 1.29 is 5.11 Å². The van der Waals surface area contributed by atoms with Crippen LogP contribution in [0.5, 0.6) is 0 Å². The van der Waals surface area contributed by atoms with Gasteiger partial charge in [0.2, 0.25) is 0 Å². The first-order valence-corrected chi connectivity index (χ1v) is 5.61. The van der Waals surface area contributed by atoms with Gasteiger partial charge in [0.25, 0.3) is 0 Å². The Hall–Kier alpha value is -0.550. The van der Waals surface area contributed by atoms with Gasteiger partial charge in [-0.15, -0.1) is 10.2 Å². The Morgan fingerprint density at radius 3 is 2.71 bits per heavy atom. The molecule has 0 fully saturated rings. The third-order valence-electron chi connectivity index (χ3n) is 2.41. The number of thioether (sulfide) groups is 1. The number of aromatic nitrogens is 3. The standard InChI is InChI=1S/C9H17N3OS/c1-7(2)9(3,13)5-14-8-11-10-6-12(8)4/h6-7,13H,5H2,1-4H3. The molecule has 1 atom stereocenters. The topological polar surface area (TPSA) is 50.9 Å². The van der Waals surface area contributed by atoms with E-state index in [9.17, 15) is 5.11 Å². The summed E-state index contributed by atoms with van der Waals surface area (Å²) in [4.78, 5) is 0. The second kappa shape index (κ2) is 4.31. The largest absolute Gasteiger partial charge is 0.389 e. The van der Waals surface area contributed by atoms with Crippen molar-refractivity contribution >= 4 is 11.8 Å². The van der Waals surface area contributed by atoms with E-state index >= 15 is 0 Å². The molecular formula is C9H17N3OS. The SMILES string of the molecule is CC(C)C(C)(O)CSc1nncn1C. The predicted molar refractivity (Wildman–Crippen MR) is 57.2 cm³/mol. The average Bonchev–Trinajstić information content (AvgIpc) is 2.47. The lowest BCUT2D eigenvalue weighted by Crippen LogP contribution is -2.33. The van der Waals surface area contributed by atoms with Crippen molar-refractivity contribution in [1.29, 1.82) is 0 Å². The Labute approximate surface area is 88.7 Å². The summed E-state index contributed by atoms with van der Waals surface area (Å²) < 4.78 is 1.85. The van der Waals surface area contributed by atoms with E-state index in [4.69, 9.17) is 0 Å². The van der Waals surface area contributed by atoms with E-state index < -0.39 is 5.60 Å². The van der Waals surface area contributed by atoms with E-state index in [-0.39, 0.29) is 5.92 Å². The van der Waals surface area contributed by atoms with Crippen LogP contribution in [0, 0.1) is 5.92 Å². The second-order valence-electron chi connectivity index (χ2n) is 4.02. The van der Waals surface area contributed by atoms with Gasteiger partial charge in [-0.1, -0.05) is 25.6 Å². The van der Waals surface area contributed by atoms with Gasteiger partial charge in [-0.2, -0.15) is 0 Å². The molecule has 0 bridgehead atoms. The van der Waals surface area contributed by atoms with Gasteiger partial charge in [0.05, 0.1) is 5.60 Å². The molecule has 0 radical (unpaired) electrons. The highest BCUT2D eigenvalue weighted by atomic mass is 32.2. The van der Waals surface area contributed by atoms with Crippen LogP contribution in [0.2, 0.25) is 0 Å². The van der Waals surface area contributed by atoms with Gasteiger partial charge in [0.15, 0.2) is 5.16 Å². The van der Waals surface area contributed by atoms with E-state index in [1.807, 2.05) is 32.4 Å². The summed E-state index contributed by atoms with van der Waals surface area (Å²) in [5, 5.41) is 18.6. The molecule has 0 saturated heterocycles. The summed E-state index contributed by atoms with van der Waals surface area (Å²) in [5.74, 6) is 0.875. The Kier molecular flexibility index (Phi) is 3.55. The predicted octanol–water partition coefficient (Wildman–Crippen LogP) is 1.31. The van der Waals surface area contributed by atoms with Crippen LogP contribution >= 0.6 is 11.8 Å². The molecule has 0 aromatic carbocycles. The lowest BCUT2D eigenvalue weighted by atomic mass is 9.95. The number of hydrogen-bond acceptors (Lipinski definition) is 4. The second-order valence-corrected chi connectivity index (χ2v) is 4.97. The maximum atomic E-state index is 10.0. The molecule has 0 aliphatic carbocycles. The maximum absolute atomic E-state index is 10.0. The highest BCUT2D eigenvalue weighted by Crippen LogP contribution is 2.25. The molecule has 1 N–H and O–H groups in total. The molecule has 5 heteroatoms. The van der Waals surface area contributed by atoms with Gasteiger partial charge in [0.1, 0.15) is 6.33 Å². The molecule has 1 unspecified atom stereocenters. The van der Waals surface area contributed by atoms with Crippen molar-refractivity contribution in [3.63, 3.8) is 0 Å². The molecule has 0 amide bonds. The highest BCUT2D eigenvalue weighted by molar-refractivity contribution is 7.99. The zero-order valence-corrected chi connectivity index (χ0v) is 9.88. The van der Waals surface area contributed by atoms with Crippen LogP contribution in [0.3, 0.4) is 0 Å². The first-order valence-electron chi connectivity index (χ1n) is 4.62. The number of aliphatic hydroxyl groups is 1. The monoisotopic (exact) mass is 215 g/mol. The summed E-state index contributed by atoms with van der Waals surface area (Å²) in [6.07, 6.45) is 1.66. The quantitative estimate of drug-likeness (QED) is 0.769. The Bertz CT molecular complexity index is 296. The Morgan fingerprint density at radius 2 is 2.29 bits per heavy atom. The summed E-state index contributed by atoms with van der Waals surface area (Å²) in [5.41, 5.74) is -0.656. The first kappa shape index (κ1) is 11.5. The fourth-order valence-corrected chi connectivity index (χ4v) is 1.89. The molecule has 0 aliphatic heterocycles. The summed E-state index contributed by atoms with van der Waals surface area (Å²) in [6.45, 7) is 5.87. The lowest BCUT2D eigenvalue weighted by Gasteiger charge is -2.26. The van der Waals surface area contributed by atoms with Gasteiger partial charge in [0, 0.05) is 12.8 Å². The van der Waals surface area contributed by atoms with Crippen LogP contribution in [0.1, 0.15) is 20.8 Å². The average molecular weight is 215 g/mol. The van der Waals surface area contributed by atoms with E-state index in [0.29, 0.717) is 5.75 Å². The zero-order valence-electron chi connectivity index (χ0n) is 9.06. The van der Waals surface area contributed by atoms with Crippen molar-refractivity contribution in [2.24, 2.45) is 13.0 Å². The lowest BCUT2D eigenvalue weighted by molar-refractivity contribution is 0.0376. The van der Waals surface area contributed by atoms with Crippen LogP contribution in [0.15, 0.2) is 11.5 Å². The van der Waals surface area contributed by atoms with Crippen molar-refractivity contribution in [3.05, 3.63) is 6.33 Å². The summed E-state index contributed by atoms with van der Waals surface area (Å²) in [6, 6.07) is 0. The van der Waals surface area contributed by atoms with Crippen LogP contribution in [-0.2, 0) is 7.05 Å². The molecule has 1 aromatic rings. The third-order valence-corrected chi connectivity index (χ3v) is 3.76. The number of nitrogens with zero attached hydrogens (tertiary/aromatic N) is 3. The van der Waals surface area contributed by atoms with Crippen molar-refractivity contribution in [1.82, 2.24) is 14.8 Å². The number of aryl methyl sites for hydroxylation is 1. The van der Waals surface area contributed by atoms with Crippen LogP contribution in [0.25, 0.3) is 0 Å². The molecule has 0 spiro atoms. The zero-order chi connectivity index (χ0) is 10.8. The van der Waals surface area contributed by atoms with Crippen molar-refractivity contribution in [2.75, 3.05) is 5.75 Å². The molecule has 1 aromatic heterocycles. The van der Waals surface area contributed by atoms with Crippen LogP contribution in [0.4, 0.5) is 0 Å². The number of rotatable bonds is 4. The maximum Gasteiger partial charge on any atom is 0.190 e. The highest BCUT2D eigenvalue weighted by Gasteiger charge is 2.25. The van der Waals surface area contributed by atoms with Crippen LogP contribution in [-0.4, -0.2) is 31.2 Å². The van der Waals surface area contributed by atoms with Crippen LogP contribution < -0.4 is 0 Å². The van der Waals surface area contributed by atoms with E-state index in [1.165, 1.54) is 11.8 Å². The van der Waals surface area contributed by atoms with E-state index in [2.05, 4.69) is 10.2 Å². The Balaban J connectivity index is 2.53. The summed E-state index contributed by atoms with van der Waals surface area (Å²) in [7, 11) is 1.90. The molecule has 0 aliphatic rings. The fraction of sp³-hybridized carbons (Fsp3) is 0.778.